The summed E-state index contributed by atoms with van der Waals surface area (Å²) in [7, 11) is -4.10. The Morgan fingerprint density at radius 1 is 1.25 bits per heavy atom. The molecule has 3 aliphatic rings. The molecule has 3 aromatic rings. The fourth-order valence-electron chi connectivity index (χ4n) is 4.67. The lowest BCUT2D eigenvalue weighted by molar-refractivity contribution is -0.0116. The van der Waals surface area contributed by atoms with E-state index in [4.69, 9.17) is 9.15 Å². The largest absolute Gasteiger partial charge is 0.412 e. The van der Waals surface area contributed by atoms with Crippen molar-refractivity contribution in [3.05, 3.63) is 24.4 Å². The Labute approximate surface area is 204 Å². The van der Waals surface area contributed by atoms with Crippen molar-refractivity contribution >= 4 is 21.2 Å². The van der Waals surface area contributed by atoms with E-state index in [0.29, 0.717) is 50.3 Å². The third kappa shape index (κ3) is 3.99. The van der Waals surface area contributed by atoms with E-state index >= 15 is 0 Å². The van der Waals surface area contributed by atoms with Crippen LogP contribution in [0.25, 0.3) is 17.2 Å². The Hall–Kier alpha value is -3.19. The standard InChI is InChI=1S/C21H22F2N8O4S/c22-17(23)19-26-27-20(35-19)18-25-8-16-15(30-4-3-29-5-6-34-11-13(29)9-30)7-14(10-31(16)18)36(32,33)28-21(12-24)1-2-21/h7-8,10,13,17,28H,1-6,9,11H2/t13-/m1/s1. The number of imidazole rings is 1. The number of pyridine rings is 1. The molecule has 5 heterocycles. The lowest BCUT2D eigenvalue weighted by atomic mass is 10.1. The van der Waals surface area contributed by atoms with Gasteiger partial charge in [0.25, 0.3) is 11.8 Å². The van der Waals surface area contributed by atoms with Crippen LogP contribution in [0.4, 0.5) is 14.5 Å². The first-order valence-electron chi connectivity index (χ1n) is 11.4. The number of halogens is 2. The maximum Gasteiger partial charge on any atom is 0.314 e. The second-order valence-electron chi connectivity index (χ2n) is 9.15. The summed E-state index contributed by atoms with van der Waals surface area (Å²) in [4.78, 5) is 8.60. The first-order chi connectivity index (χ1) is 17.3. The number of fused-ring (bicyclic) bond motifs is 2. The zero-order valence-corrected chi connectivity index (χ0v) is 19.8. The van der Waals surface area contributed by atoms with Crippen LogP contribution in [-0.2, 0) is 14.8 Å². The van der Waals surface area contributed by atoms with Gasteiger partial charge in [0.1, 0.15) is 10.4 Å². The van der Waals surface area contributed by atoms with Crippen molar-refractivity contribution in [1.82, 2.24) is 29.2 Å². The van der Waals surface area contributed by atoms with Gasteiger partial charge in [-0.2, -0.15) is 18.8 Å². The van der Waals surface area contributed by atoms with Gasteiger partial charge < -0.3 is 14.1 Å². The van der Waals surface area contributed by atoms with E-state index in [1.807, 2.05) is 6.07 Å². The summed E-state index contributed by atoms with van der Waals surface area (Å²) in [5.41, 5.74) is 0.0275. The fraction of sp³-hybridized carbons (Fsp3) is 0.524. The molecule has 0 aromatic carbocycles. The number of anilines is 1. The average molecular weight is 521 g/mol. The summed E-state index contributed by atoms with van der Waals surface area (Å²) >= 11 is 0. The summed E-state index contributed by atoms with van der Waals surface area (Å²) in [6.07, 6.45) is 0.737. The van der Waals surface area contributed by atoms with E-state index < -0.39 is 27.9 Å². The van der Waals surface area contributed by atoms with E-state index in [1.165, 1.54) is 16.8 Å². The van der Waals surface area contributed by atoms with Crippen molar-refractivity contribution in [2.75, 3.05) is 44.3 Å². The van der Waals surface area contributed by atoms with E-state index in [-0.39, 0.29) is 22.7 Å². The minimum Gasteiger partial charge on any atom is -0.412 e. The van der Waals surface area contributed by atoms with E-state index in [2.05, 4.69) is 29.7 Å². The first-order valence-corrected chi connectivity index (χ1v) is 12.9. The van der Waals surface area contributed by atoms with Gasteiger partial charge in [-0.1, -0.05) is 0 Å². The van der Waals surface area contributed by atoms with Gasteiger partial charge in [-0.15, -0.1) is 10.2 Å². The molecule has 1 aliphatic carbocycles. The molecule has 0 bridgehead atoms. The number of nitrogens with zero attached hydrogens (tertiary/aromatic N) is 7. The molecule has 12 nitrogen and oxygen atoms in total. The molecule has 6 rings (SSSR count). The maximum atomic E-state index is 13.3. The van der Waals surface area contributed by atoms with Crippen LogP contribution >= 0.6 is 0 Å². The molecule has 1 atom stereocenters. The summed E-state index contributed by atoms with van der Waals surface area (Å²) in [5, 5.41) is 16.4. The molecular formula is C21H22F2N8O4S. The summed E-state index contributed by atoms with van der Waals surface area (Å²) in [5.74, 6) is -1.09. The molecule has 2 aliphatic heterocycles. The summed E-state index contributed by atoms with van der Waals surface area (Å²) in [6, 6.07) is 3.72. The lowest BCUT2D eigenvalue weighted by Crippen LogP contribution is -2.58. The highest BCUT2D eigenvalue weighted by atomic mass is 32.2. The van der Waals surface area contributed by atoms with Crippen molar-refractivity contribution in [2.24, 2.45) is 0 Å². The number of piperazine rings is 1. The number of alkyl halides is 2. The lowest BCUT2D eigenvalue weighted by Gasteiger charge is -2.44. The number of ether oxygens (including phenoxy) is 1. The van der Waals surface area contributed by atoms with Gasteiger partial charge in [0.05, 0.1) is 42.7 Å². The molecule has 1 saturated carbocycles. The van der Waals surface area contributed by atoms with Crippen molar-refractivity contribution in [1.29, 1.82) is 5.26 Å². The third-order valence-corrected chi connectivity index (χ3v) is 8.30. The van der Waals surface area contributed by atoms with Gasteiger partial charge >= 0.3 is 6.43 Å². The molecule has 36 heavy (non-hydrogen) atoms. The number of morpholine rings is 1. The van der Waals surface area contributed by atoms with Gasteiger partial charge in [0.2, 0.25) is 15.8 Å². The number of sulfonamides is 1. The molecule has 0 radical (unpaired) electrons. The predicted octanol–water partition coefficient (Wildman–Crippen LogP) is 1.18. The number of hydrogen-bond acceptors (Lipinski definition) is 10. The first kappa shape index (κ1) is 23.2. The Morgan fingerprint density at radius 2 is 2.08 bits per heavy atom. The van der Waals surface area contributed by atoms with Crippen LogP contribution < -0.4 is 9.62 Å². The van der Waals surface area contributed by atoms with Gasteiger partial charge in [-0.3, -0.25) is 9.30 Å². The number of nitrogens with one attached hydrogen (secondary N) is 1. The van der Waals surface area contributed by atoms with E-state index in [0.717, 1.165) is 13.1 Å². The maximum absolute atomic E-state index is 13.3. The smallest absolute Gasteiger partial charge is 0.314 e. The van der Waals surface area contributed by atoms with Crippen LogP contribution in [0.15, 0.2) is 27.8 Å². The molecule has 0 amide bonds. The number of hydrogen-bond donors (Lipinski definition) is 1. The van der Waals surface area contributed by atoms with Crippen molar-refractivity contribution in [3.63, 3.8) is 0 Å². The van der Waals surface area contributed by atoms with Crippen LogP contribution in [0.1, 0.15) is 25.2 Å². The Kier molecular flexibility index (Phi) is 5.45. The van der Waals surface area contributed by atoms with Gasteiger partial charge in [-0.25, -0.2) is 13.4 Å². The quantitative estimate of drug-likeness (QED) is 0.503. The number of aromatic nitrogens is 4. The third-order valence-electron chi connectivity index (χ3n) is 6.80. The van der Waals surface area contributed by atoms with Gasteiger partial charge in [0, 0.05) is 32.4 Å². The SMILES string of the molecule is N#CC1(NS(=O)(=O)c2cc(N3CCN4CCOC[C@H]4C3)c3cnc(-c4nnc(C(F)F)o4)n3c2)CC1. The van der Waals surface area contributed by atoms with Crippen LogP contribution in [0, 0.1) is 11.3 Å². The minimum absolute atomic E-state index is 0.0313. The van der Waals surface area contributed by atoms with Crippen molar-refractivity contribution in [3.8, 4) is 17.8 Å². The fourth-order valence-corrected chi connectivity index (χ4v) is 6.06. The number of rotatable bonds is 6. The summed E-state index contributed by atoms with van der Waals surface area (Å²) in [6.45, 7) is 4.10. The topological polar surface area (TPSA) is 142 Å². The second kappa shape index (κ2) is 8.44. The highest BCUT2D eigenvalue weighted by Gasteiger charge is 2.47. The molecule has 0 unspecified atom stereocenters. The molecule has 0 spiro atoms. The zero-order valence-electron chi connectivity index (χ0n) is 19.0. The molecule has 3 fully saturated rings. The van der Waals surface area contributed by atoms with Crippen molar-refractivity contribution < 1.29 is 26.4 Å². The van der Waals surface area contributed by atoms with Crippen LogP contribution in [-0.4, -0.2) is 83.9 Å². The van der Waals surface area contributed by atoms with E-state index in [1.54, 1.807) is 6.07 Å². The number of nitriles is 1. The molecule has 1 N–H and O–H groups in total. The monoisotopic (exact) mass is 520 g/mol. The minimum atomic E-state index is -4.10. The predicted molar refractivity (Wildman–Crippen MR) is 120 cm³/mol. The van der Waals surface area contributed by atoms with Crippen LogP contribution in [0.2, 0.25) is 0 Å². The Bertz CT molecular complexity index is 1460. The van der Waals surface area contributed by atoms with Crippen LogP contribution in [0.3, 0.4) is 0 Å². The zero-order chi connectivity index (χ0) is 25.1. The average Bonchev–Trinajstić information content (AvgIpc) is 3.26. The second-order valence-corrected chi connectivity index (χ2v) is 10.8. The molecule has 3 aromatic heterocycles. The van der Waals surface area contributed by atoms with Crippen molar-refractivity contribution in [2.45, 2.75) is 35.7 Å². The van der Waals surface area contributed by atoms with Gasteiger partial charge in [0.15, 0.2) is 0 Å². The Morgan fingerprint density at radius 3 is 2.81 bits per heavy atom. The normalized spacial score (nSPS) is 22.1. The highest BCUT2D eigenvalue weighted by Crippen LogP contribution is 2.37. The molecule has 2 saturated heterocycles. The molecular weight excluding hydrogens is 498 g/mol. The van der Waals surface area contributed by atoms with Crippen LogP contribution in [0.5, 0.6) is 0 Å². The molecule has 15 heteroatoms. The molecule has 190 valence electrons. The summed E-state index contributed by atoms with van der Waals surface area (Å²) < 4.78 is 67.4. The highest BCUT2D eigenvalue weighted by molar-refractivity contribution is 7.89. The Balaban J connectivity index is 1.46. The van der Waals surface area contributed by atoms with E-state index in [9.17, 15) is 22.5 Å². The van der Waals surface area contributed by atoms with Gasteiger partial charge in [-0.05, 0) is 18.9 Å².